The molecule has 0 radical (unpaired) electrons. The van der Waals surface area contributed by atoms with Crippen LogP contribution < -0.4 is 0 Å². The first-order valence-corrected chi connectivity index (χ1v) is 5.98. The minimum Gasteiger partial charge on any atom is -0.480 e. The van der Waals surface area contributed by atoms with E-state index in [1.807, 2.05) is 30.3 Å². The van der Waals surface area contributed by atoms with Gasteiger partial charge in [-0.2, -0.15) is 0 Å². The van der Waals surface area contributed by atoms with Crippen LogP contribution in [0.1, 0.15) is 18.2 Å². The van der Waals surface area contributed by atoms with E-state index in [4.69, 9.17) is 5.11 Å². The highest BCUT2D eigenvalue weighted by molar-refractivity contribution is 7.09. The van der Waals surface area contributed by atoms with E-state index in [0.29, 0.717) is 6.42 Å². The number of hydrogen-bond donors (Lipinski definition) is 1. The Balaban J connectivity index is 2.40. The van der Waals surface area contributed by atoms with Gasteiger partial charge in [-0.1, -0.05) is 13.0 Å². The van der Waals surface area contributed by atoms with Crippen LogP contribution in [0.4, 0.5) is 0 Å². The molecule has 4 heteroatoms. The maximum Gasteiger partial charge on any atom is 0.320 e. The molecule has 1 rings (SSSR count). The number of carboxylic acids is 1. The number of nitrogens with zero attached hydrogens (tertiary/aromatic N) is 1. The van der Waals surface area contributed by atoms with Gasteiger partial charge in [-0.25, -0.2) is 0 Å². The van der Waals surface area contributed by atoms with Gasteiger partial charge in [0.25, 0.3) is 0 Å². The highest BCUT2D eigenvalue weighted by atomic mass is 32.1. The molecule has 1 N–H and O–H groups in total. The SMILES string of the molecule is CCC(C(=O)O)N(C)CCc1cccs1. The van der Waals surface area contributed by atoms with Gasteiger partial charge in [0.05, 0.1) is 0 Å². The molecular formula is C11H17NO2S. The number of likely N-dealkylation sites (N-methyl/N-ethyl adjacent to an activating group) is 1. The van der Waals surface area contributed by atoms with Gasteiger partial charge in [0.1, 0.15) is 6.04 Å². The fourth-order valence-corrected chi connectivity index (χ4v) is 2.27. The van der Waals surface area contributed by atoms with E-state index in [0.717, 1.165) is 13.0 Å². The Morgan fingerprint density at radius 2 is 2.40 bits per heavy atom. The summed E-state index contributed by atoms with van der Waals surface area (Å²) in [5.74, 6) is -0.730. The molecule has 1 atom stereocenters. The van der Waals surface area contributed by atoms with Crippen molar-refractivity contribution in [2.45, 2.75) is 25.8 Å². The van der Waals surface area contributed by atoms with Crippen molar-refractivity contribution in [2.24, 2.45) is 0 Å². The molecule has 0 aliphatic heterocycles. The Labute approximate surface area is 94.3 Å². The summed E-state index contributed by atoms with van der Waals surface area (Å²) in [6.07, 6.45) is 1.58. The third kappa shape index (κ3) is 3.64. The quantitative estimate of drug-likeness (QED) is 0.809. The minimum absolute atomic E-state index is 0.357. The van der Waals surface area contributed by atoms with Gasteiger partial charge in [0.15, 0.2) is 0 Å². The van der Waals surface area contributed by atoms with E-state index >= 15 is 0 Å². The lowest BCUT2D eigenvalue weighted by Gasteiger charge is -2.22. The van der Waals surface area contributed by atoms with Crippen molar-refractivity contribution in [3.8, 4) is 0 Å². The lowest BCUT2D eigenvalue weighted by Crippen LogP contribution is -2.38. The van der Waals surface area contributed by atoms with Crippen LogP contribution in [0.2, 0.25) is 0 Å². The summed E-state index contributed by atoms with van der Waals surface area (Å²) >= 11 is 1.72. The highest BCUT2D eigenvalue weighted by Crippen LogP contribution is 2.11. The second-order valence-corrected chi connectivity index (χ2v) is 4.60. The molecule has 0 bridgehead atoms. The van der Waals surface area contributed by atoms with E-state index < -0.39 is 5.97 Å². The lowest BCUT2D eigenvalue weighted by molar-refractivity contribution is -0.142. The molecule has 0 saturated heterocycles. The zero-order valence-corrected chi connectivity index (χ0v) is 9.96. The summed E-state index contributed by atoms with van der Waals surface area (Å²) in [6, 6.07) is 3.75. The molecular weight excluding hydrogens is 210 g/mol. The standard InChI is InChI=1S/C11H17NO2S/c1-3-10(11(13)14)12(2)7-6-9-5-4-8-15-9/h4-5,8,10H,3,6-7H2,1-2H3,(H,13,14). The number of thiophene rings is 1. The Morgan fingerprint density at radius 1 is 1.67 bits per heavy atom. The first-order valence-electron chi connectivity index (χ1n) is 5.10. The van der Waals surface area contributed by atoms with Crippen LogP contribution in [0, 0.1) is 0 Å². The second-order valence-electron chi connectivity index (χ2n) is 3.57. The van der Waals surface area contributed by atoms with E-state index in [9.17, 15) is 4.79 Å². The average molecular weight is 227 g/mol. The Kier molecular flexibility index (Phi) is 4.78. The molecule has 3 nitrogen and oxygen atoms in total. The van der Waals surface area contributed by atoms with Gasteiger partial charge in [-0.05, 0) is 31.3 Å². The van der Waals surface area contributed by atoms with Crippen molar-refractivity contribution in [2.75, 3.05) is 13.6 Å². The Bertz CT molecular complexity index is 298. The van der Waals surface area contributed by atoms with Gasteiger partial charge in [-0.3, -0.25) is 9.69 Å². The fraction of sp³-hybridized carbons (Fsp3) is 0.545. The molecule has 15 heavy (non-hydrogen) atoms. The third-order valence-corrected chi connectivity index (χ3v) is 3.43. The van der Waals surface area contributed by atoms with Crippen LogP contribution in [0.3, 0.4) is 0 Å². The van der Waals surface area contributed by atoms with Crippen molar-refractivity contribution in [3.63, 3.8) is 0 Å². The molecule has 1 heterocycles. The van der Waals surface area contributed by atoms with Crippen LogP contribution in [-0.4, -0.2) is 35.6 Å². The minimum atomic E-state index is -0.730. The first kappa shape index (κ1) is 12.2. The van der Waals surface area contributed by atoms with Gasteiger partial charge < -0.3 is 5.11 Å². The van der Waals surface area contributed by atoms with E-state index in [1.165, 1.54) is 4.88 Å². The zero-order valence-electron chi connectivity index (χ0n) is 9.14. The van der Waals surface area contributed by atoms with Crippen LogP contribution >= 0.6 is 11.3 Å². The molecule has 0 aliphatic rings. The summed E-state index contributed by atoms with van der Waals surface area (Å²) in [5.41, 5.74) is 0. The number of carbonyl (C=O) groups is 1. The highest BCUT2D eigenvalue weighted by Gasteiger charge is 2.19. The predicted molar refractivity (Wildman–Crippen MR) is 62.4 cm³/mol. The summed E-state index contributed by atoms with van der Waals surface area (Å²) in [6.45, 7) is 2.70. The lowest BCUT2D eigenvalue weighted by atomic mass is 10.2. The topological polar surface area (TPSA) is 40.5 Å². The van der Waals surface area contributed by atoms with Crippen molar-refractivity contribution in [1.82, 2.24) is 4.90 Å². The summed E-state index contributed by atoms with van der Waals surface area (Å²) < 4.78 is 0. The van der Waals surface area contributed by atoms with Crippen molar-refractivity contribution >= 4 is 17.3 Å². The smallest absolute Gasteiger partial charge is 0.320 e. The van der Waals surface area contributed by atoms with E-state index in [1.54, 1.807) is 11.3 Å². The monoisotopic (exact) mass is 227 g/mol. The predicted octanol–water partition coefficient (Wildman–Crippen LogP) is 2.09. The van der Waals surface area contributed by atoms with Gasteiger partial charge in [0.2, 0.25) is 0 Å². The second kappa shape index (κ2) is 5.88. The van der Waals surface area contributed by atoms with Crippen molar-refractivity contribution in [1.29, 1.82) is 0 Å². The van der Waals surface area contributed by atoms with Crippen LogP contribution in [0.5, 0.6) is 0 Å². The average Bonchev–Trinajstić information content (AvgIpc) is 2.67. The molecule has 0 fully saturated rings. The summed E-state index contributed by atoms with van der Waals surface area (Å²) in [7, 11) is 1.87. The number of rotatable bonds is 6. The number of aliphatic carboxylic acids is 1. The van der Waals surface area contributed by atoms with Crippen LogP contribution in [0.15, 0.2) is 17.5 Å². The van der Waals surface area contributed by atoms with Crippen LogP contribution in [0.25, 0.3) is 0 Å². The molecule has 0 spiro atoms. The van der Waals surface area contributed by atoms with Gasteiger partial charge in [-0.15, -0.1) is 11.3 Å². The number of carboxylic acid groups (broad SMARTS) is 1. The van der Waals surface area contributed by atoms with Crippen molar-refractivity contribution < 1.29 is 9.90 Å². The van der Waals surface area contributed by atoms with E-state index in [-0.39, 0.29) is 6.04 Å². The molecule has 1 aromatic rings. The maximum absolute atomic E-state index is 10.9. The van der Waals surface area contributed by atoms with Gasteiger partial charge >= 0.3 is 5.97 Å². The van der Waals surface area contributed by atoms with Crippen molar-refractivity contribution in [3.05, 3.63) is 22.4 Å². The largest absolute Gasteiger partial charge is 0.480 e. The zero-order chi connectivity index (χ0) is 11.3. The molecule has 0 aromatic carbocycles. The maximum atomic E-state index is 10.9. The fourth-order valence-electron chi connectivity index (χ4n) is 1.57. The molecule has 0 aliphatic carbocycles. The molecule has 1 aromatic heterocycles. The molecule has 0 amide bonds. The Hall–Kier alpha value is -0.870. The van der Waals surface area contributed by atoms with Gasteiger partial charge in [0, 0.05) is 11.4 Å². The molecule has 84 valence electrons. The third-order valence-electron chi connectivity index (χ3n) is 2.49. The first-order chi connectivity index (χ1) is 7.15. The molecule has 0 saturated carbocycles. The molecule has 1 unspecified atom stereocenters. The van der Waals surface area contributed by atoms with Crippen LogP contribution in [-0.2, 0) is 11.2 Å². The Morgan fingerprint density at radius 3 is 2.87 bits per heavy atom. The summed E-state index contributed by atoms with van der Waals surface area (Å²) in [4.78, 5) is 14.1. The summed E-state index contributed by atoms with van der Waals surface area (Å²) in [5, 5.41) is 11.0. The van der Waals surface area contributed by atoms with E-state index in [2.05, 4.69) is 6.07 Å². The normalized spacial score (nSPS) is 13.0. The number of hydrogen-bond acceptors (Lipinski definition) is 3.